The van der Waals surface area contributed by atoms with E-state index in [0.717, 1.165) is 25.3 Å². The van der Waals surface area contributed by atoms with Gasteiger partial charge in [0, 0.05) is 12.1 Å². The van der Waals surface area contributed by atoms with Crippen LogP contribution in [0.5, 0.6) is 5.75 Å². The van der Waals surface area contributed by atoms with Gasteiger partial charge in [-0.15, -0.1) is 0 Å². The maximum Gasteiger partial charge on any atom is 0.119 e. The number of benzene rings is 1. The number of rotatable bonds is 6. The summed E-state index contributed by atoms with van der Waals surface area (Å²) in [5.74, 6) is 0.928. The summed E-state index contributed by atoms with van der Waals surface area (Å²) in [6.07, 6.45) is 6.10. The average molecular weight is 262 g/mol. The Kier molecular flexibility index (Phi) is 4.83. The molecule has 1 aromatic rings. The number of ether oxygens (including phenoxy) is 1. The first-order valence-corrected chi connectivity index (χ1v) is 7.22. The minimum Gasteiger partial charge on any atom is -0.497 e. The summed E-state index contributed by atoms with van der Waals surface area (Å²) in [5, 5.41) is 0. The molecule has 1 fully saturated rings. The Morgan fingerprint density at radius 1 is 1.32 bits per heavy atom. The molecular weight excluding hydrogens is 236 g/mol. The zero-order chi connectivity index (χ0) is 13.7. The molecule has 0 spiro atoms. The van der Waals surface area contributed by atoms with Crippen LogP contribution in [0.2, 0.25) is 0 Å². The Morgan fingerprint density at radius 2 is 2.05 bits per heavy atom. The maximum absolute atomic E-state index is 6.40. The van der Waals surface area contributed by atoms with Crippen LogP contribution >= 0.6 is 0 Å². The topological polar surface area (TPSA) is 38.5 Å². The smallest absolute Gasteiger partial charge is 0.119 e. The molecule has 3 nitrogen and oxygen atoms in total. The molecule has 0 aromatic heterocycles. The zero-order valence-electron chi connectivity index (χ0n) is 12.2. The van der Waals surface area contributed by atoms with E-state index >= 15 is 0 Å². The fourth-order valence-electron chi connectivity index (χ4n) is 2.90. The lowest BCUT2D eigenvalue weighted by Gasteiger charge is -2.27. The SMILES string of the molecule is COc1cccc(CN(C)CCC2(N)CCCC2)c1. The van der Waals surface area contributed by atoms with Crippen LogP contribution in [0.1, 0.15) is 37.7 Å². The highest BCUT2D eigenvalue weighted by molar-refractivity contribution is 5.28. The van der Waals surface area contributed by atoms with Gasteiger partial charge < -0.3 is 15.4 Å². The van der Waals surface area contributed by atoms with Crippen LogP contribution in [0.4, 0.5) is 0 Å². The van der Waals surface area contributed by atoms with Gasteiger partial charge in [0.15, 0.2) is 0 Å². The normalized spacial score (nSPS) is 17.9. The Balaban J connectivity index is 1.81. The van der Waals surface area contributed by atoms with Crippen molar-refractivity contribution in [2.75, 3.05) is 20.7 Å². The molecular formula is C16H26N2O. The van der Waals surface area contributed by atoms with Crippen LogP contribution in [-0.4, -0.2) is 31.1 Å². The highest BCUT2D eigenvalue weighted by atomic mass is 16.5. The summed E-state index contributed by atoms with van der Waals surface area (Å²) in [4.78, 5) is 2.35. The minimum atomic E-state index is 0.0998. The van der Waals surface area contributed by atoms with E-state index in [2.05, 4.69) is 24.1 Å². The molecule has 2 N–H and O–H groups in total. The third kappa shape index (κ3) is 4.22. The van der Waals surface area contributed by atoms with Gasteiger partial charge in [0.2, 0.25) is 0 Å². The molecule has 0 atom stereocenters. The minimum absolute atomic E-state index is 0.0998. The molecule has 0 amide bonds. The average Bonchev–Trinajstić information content (AvgIpc) is 2.84. The van der Waals surface area contributed by atoms with Crippen molar-refractivity contribution in [3.63, 3.8) is 0 Å². The molecule has 0 bridgehead atoms. The predicted molar refractivity (Wildman–Crippen MR) is 79.3 cm³/mol. The van der Waals surface area contributed by atoms with E-state index in [1.807, 2.05) is 12.1 Å². The first-order valence-electron chi connectivity index (χ1n) is 7.22. The largest absolute Gasteiger partial charge is 0.497 e. The quantitative estimate of drug-likeness (QED) is 0.856. The Labute approximate surface area is 116 Å². The highest BCUT2D eigenvalue weighted by Gasteiger charge is 2.28. The number of nitrogens with zero attached hydrogens (tertiary/aromatic N) is 1. The molecule has 0 saturated heterocycles. The van der Waals surface area contributed by atoms with Gasteiger partial charge in [0.1, 0.15) is 5.75 Å². The van der Waals surface area contributed by atoms with Gasteiger partial charge in [0.25, 0.3) is 0 Å². The first kappa shape index (κ1) is 14.4. The molecule has 1 aliphatic rings. The second-order valence-corrected chi connectivity index (χ2v) is 5.91. The summed E-state index contributed by atoms with van der Waals surface area (Å²) >= 11 is 0. The van der Waals surface area contributed by atoms with Crippen LogP contribution in [0.15, 0.2) is 24.3 Å². The number of methoxy groups -OCH3 is 1. The Bertz CT molecular complexity index is 399. The fraction of sp³-hybridized carbons (Fsp3) is 0.625. The lowest BCUT2D eigenvalue weighted by molar-refractivity contribution is 0.273. The molecule has 0 aliphatic heterocycles. The van der Waals surface area contributed by atoms with Crippen LogP contribution < -0.4 is 10.5 Å². The molecule has 0 heterocycles. The summed E-state index contributed by atoms with van der Waals surface area (Å²) in [7, 11) is 3.87. The van der Waals surface area contributed by atoms with Gasteiger partial charge >= 0.3 is 0 Å². The van der Waals surface area contributed by atoms with E-state index in [1.165, 1.54) is 31.2 Å². The molecule has 106 valence electrons. The van der Waals surface area contributed by atoms with Crippen LogP contribution in [0.25, 0.3) is 0 Å². The van der Waals surface area contributed by atoms with E-state index in [-0.39, 0.29) is 5.54 Å². The standard InChI is InChI=1S/C16H26N2O/c1-18(11-10-16(17)8-3-4-9-16)13-14-6-5-7-15(12-14)19-2/h5-7,12H,3-4,8-11,13,17H2,1-2H3. The van der Waals surface area contributed by atoms with E-state index < -0.39 is 0 Å². The molecule has 2 rings (SSSR count). The number of hydrogen-bond acceptors (Lipinski definition) is 3. The van der Waals surface area contributed by atoms with Crippen molar-refractivity contribution in [1.82, 2.24) is 4.90 Å². The Morgan fingerprint density at radius 3 is 2.74 bits per heavy atom. The summed E-state index contributed by atoms with van der Waals surface area (Å²) in [6.45, 7) is 2.01. The third-order valence-electron chi connectivity index (χ3n) is 4.18. The summed E-state index contributed by atoms with van der Waals surface area (Å²) in [6, 6.07) is 8.28. The van der Waals surface area contributed by atoms with Gasteiger partial charge in [-0.3, -0.25) is 0 Å². The summed E-state index contributed by atoms with van der Waals surface area (Å²) in [5.41, 5.74) is 7.79. The fourth-order valence-corrected chi connectivity index (χ4v) is 2.90. The van der Waals surface area contributed by atoms with Crippen LogP contribution in [-0.2, 0) is 6.54 Å². The Hall–Kier alpha value is -1.06. The van der Waals surface area contributed by atoms with Crippen LogP contribution in [0.3, 0.4) is 0 Å². The number of hydrogen-bond donors (Lipinski definition) is 1. The van der Waals surface area contributed by atoms with Crippen molar-refractivity contribution in [2.45, 2.75) is 44.2 Å². The number of nitrogens with two attached hydrogens (primary N) is 1. The second kappa shape index (κ2) is 6.40. The van der Waals surface area contributed by atoms with Crippen molar-refractivity contribution in [2.24, 2.45) is 5.73 Å². The van der Waals surface area contributed by atoms with E-state index in [4.69, 9.17) is 10.5 Å². The van der Waals surface area contributed by atoms with E-state index in [1.54, 1.807) is 7.11 Å². The molecule has 0 radical (unpaired) electrons. The van der Waals surface area contributed by atoms with Crippen LogP contribution in [0, 0.1) is 0 Å². The maximum atomic E-state index is 6.40. The van der Waals surface area contributed by atoms with E-state index in [9.17, 15) is 0 Å². The van der Waals surface area contributed by atoms with Gasteiger partial charge in [-0.1, -0.05) is 25.0 Å². The second-order valence-electron chi connectivity index (χ2n) is 5.91. The zero-order valence-corrected chi connectivity index (χ0v) is 12.2. The molecule has 19 heavy (non-hydrogen) atoms. The van der Waals surface area contributed by atoms with Gasteiger partial charge in [-0.05, 0) is 50.6 Å². The molecule has 0 unspecified atom stereocenters. The van der Waals surface area contributed by atoms with Crippen molar-refractivity contribution >= 4 is 0 Å². The lowest BCUT2D eigenvalue weighted by Crippen LogP contribution is -2.39. The van der Waals surface area contributed by atoms with Crippen molar-refractivity contribution < 1.29 is 4.74 Å². The van der Waals surface area contributed by atoms with Crippen molar-refractivity contribution in [3.8, 4) is 5.75 Å². The van der Waals surface area contributed by atoms with Gasteiger partial charge in [-0.2, -0.15) is 0 Å². The molecule has 1 aromatic carbocycles. The highest BCUT2D eigenvalue weighted by Crippen LogP contribution is 2.30. The molecule has 3 heteroatoms. The van der Waals surface area contributed by atoms with Gasteiger partial charge in [-0.25, -0.2) is 0 Å². The third-order valence-corrected chi connectivity index (χ3v) is 4.18. The van der Waals surface area contributed by atoms with Crippen molar-refractivity contribution in [1.29, 1.82) is 0 Å². The predicted octanol–water partition coefficient (Wildman–Crippen LogP) is 2.79. The van der Waals surface area contributed by atoms with E-state index in [0.29, 0.717) is 0 Å². The monoisotopic (exact) mass is 262 g/mol. The van der Waals surface area contributed by atoms with Gasteiger partial charge in [0.05, 0.1) is 7.11 Å². The first-order chi connectivity index (χ1) is 9.11. The molecule has 1 saturated carbocycles. The lowest BCUT2D eigenvalue weighted by atomic mass is 9.94. The summed E-state index contributed by atoms with van der Waals surface area (Å²) < 4.78 is 5.26. The van der Waals surface area contributed by atoms with Crippen molar-refractivity contribution in [3.05, 3.63) is 29.8 Å². The molecule has 1 aliphatic carbocycles.